The SMILES string of the molecule is Cc1ccccc1Nc1ccc(C(=O)NCCN(C)C)nc1. The van der Waals surface area contributed by atoms with Crippen LogP contribution in [-0.2, 0) is 0 Å². The number of likely N-dealkylation sites (N-methyl/N-ethyl adjacent to an activating group) is 1. The maximum Gasteiger partial charge on any atom is 0.269 e. The Morgan fingerprint density at radius 3 is 2.59 bits per heavy atom. The zero-order valence-electron chi connectivity index (χ0n) is 13.3. The van der Waals surface area contributed by atoms with E-state index in [1.54, 1.807) is 12.3 Å². The van der Waals surface area contributed by atoms with E-state index in [2.05, 4.69) is 15.6 Å². The van der Waals surface area contributed by atoms with E-state index in [1.165, 1.54) is 0 Å². The first-order chi connectivity index (χ1) is 10.6. The van der Waals surface area contributed by atoms with Crippen LogP contribution in [0, 0.1) is 6.92 Å². The molecule has 2 N–H and O–H groups in total. The molecule has 1 aromatic heterocycles. The van der Waals surface area contributed by atoms with Crippen LogP contribution < -0.4 is 10.6 Å². The van der Waals surface area contributed by atoms with Gasteiger partial charge in [0.1, 0.15) is 5.69 Å². The summed E-state index contributed by atoms with van der Waals surface area (Å²) in [6.07, 6.45) is 1.67. The van der Waals surface area contributed by atoms with Crippen molar-refractivity contribution in [3.05, 3.63) is 53.9 Å². The molecule has 0 radical (unpaired) electrons. The largest absolute Gasteiger partial charge is 0.354 e. The first-order valence-corrected chi connectivity index (χ1v) is 7.28. The standard InChI is InChI=1S/C17H22N4O/c1-13-6-4-5-7-15(13)20-14-8-9-16(19-12-14)17(22)18-10-11-21(2)3/h4-9,12,20H,10-11H2,1-3H3,(H,18,22). The van der Waals surface area contributed by atoms with E-state index in [1.807, 2.05) is 56.3 Å². The van der Waals surface area contributed by atoms with Crippen molar-refractivity contribution in [3.8, 4) is 0 Å². The van der Waals surface area contributed by atoms with E-state index < -0.39 is 0 Å². The van der Waals surface area contributed by atoms with Gasteiger partial charge in [-0.3, -0.25) is 4.79 Å². The minimum Gasteiger partial charge on any atom is -0.354 e. The number of aromatic nitrogens is 1. The Balaban J connectivity index is 1.95. The predicted octanol–water partition coefficient (Wildman–Crippen LogP) is 2.43. The lowest BCUT2D eigenvalue weighted by Crippen LogP contribution is -2.31. The Kier molecular flexibility index (Phi) is 5.49. The number of para-hydroxylation sites is 1. The maximum absolute atomic E-state index is 11.9. The molecular formula is C17H22N4O. The Morgan fingerprint density at radius 2 is 1.95 bits per heavy atom. The minimum atomic E-state index is -0.149. The number of benzene rings is 1. The number of carbonyl (C=O) groups is 1. The van der Waals surface area contributed by atoms with Crippen LogP contribution in [0.5, 0.6) is 0 Å². The van der Waals surface area contributed by atoms with E-state index >= 15 is 0 Å². The summed E-state index contributed by atoms with van der Waals surface area (Å²) in [6, 6.07) is 11.6. The number of hydrogen-bond donors (Lipinski definition) is 2. The first-order valence-electron chi connectivity index (χ1n) is 7.28. The number of aryl methyl sites for hydroxylation is 1. The highest BCUT2D eigenvalue weighted by Crippen LogP contribution is 2.19. The lowest BCUT2D eigenvalue weighted by molar-refractivity contribution is 0.0946. The highest BCUT2D eigenvalue weighted by atomic mass is 16.1. The van der Waals surface area contributed by atoms with Crippen LogP contribution in [0.4, 0.5) is 11.4 Å². The van der Waals surface area contributed by atoms with Crippen LogP contribution in [0.25, 0.3) is 0 Å². The van der Waals surface area contributed by atoms with Gasteiger partial charge in [0.05, 0.1) is 11.9 Å². The summed E-state index contributed by atoms with van der Waals surface area (Å²) < 4.78 is 0. The average molecular weight is 298 g/mol. The summed E-state index contributed by atoms with van der Waals surface area (Å²) in [5, 5.41) is 6.14. The molecule has 0 atom stereocenters. The topological polar surface area (TPSA) is 57.3 Å². The molecular weight excluding hydrogens is 276 g/mol. The third-order valence-electron chi connectivity index (χ3n) is 3.26. The number of rotatable bonds is 6. The van der Waals surface area contributed by atoms with Crippen LogP contribution in [0.2, 0.25) is 0 Å². The van der Waals surface area contributed by atoms with Crippen molar-refractivity contribution in [2.45, 2.75) is 6.92 Å². The van der Waals surface area contributed by atoms with E-state index in [0.29, 0.717) is 12.2 Å². The summed E-state index contributed by atoms with van der Waals surface area (Å²) in [6.45, 7) is 3.46. The molecule has 1 amide bonds. The van der Waals surface area contributed by atoms with E-state index in [0.717, 1.165) is 23.5 Å². The van der Waals surface area contributed by atoms with Gasteiger partial charge in [-0.1, -0.05) is 18.2 Å². The molecule has 0 unspecified atom stereocenters. The Bertz CT molecular complexity index is 623. The van der Waals surface area contributed by atoms with Crippen molar-refractivity contribution < 1.29 is 4.79 Å². The molecule has 22 heavy (non-hydrogen) atoms. The molecule has 1 aromatic carbocycles. The van der Waals surface area contributed by atoms with Gasteiger partial charge in [0.2, 0.25) is 0 Å². The van der Waals surface area contributed by atoms with Gasteiger partial charge < -0.3 is 15.5 Å². The number of hydrogen-bond acceptors (Lipinski definition) is 4. The van der Waals surface area contributed by atoms with Gasteiger partial charge in [0, 0.05) is 18.8 Å². The highest BCUT2D eigenvalue weighted by molar-refractivity contribution is 5.92. The average Bonchev–Trinajstić information content (AvgIpc) is 2.50. The summed E-state index contributed by atoms with van der Waals surface area (Å²) >= 11 is 0. The van der Waals surface area contributed by atoms with Gasteiger partial charge in [-0.15, -0.1) is 0 Å². The number of amides is 1. The molecule has 0 aliphatic carbocycles. The lowest BCUT2D eigenvalue weighted by atomic mass is 10.2. The van der Waals surface area contributed by atoms with Crippen molar-refractivity contribution in [2.75, 3.05) is 32.5 Å². The summed E-state index contributed by atoms with van der Waals surface area (Å²) in [5.41, 5.74) is 3.48. The van der Waals surface area contributed by atoms with Crippen molar-refractivity contribution in [2.24, 2.45) is 0 Å². The van der Waals surface area contributed by atoms with Gasteiger partial charge in [0.25, 0.3) is 5.91 Å². The molecule has 0 saturated heterocycles. The summed E-state index contributed by atoms with van der Waals surface area (Å²) in [5.74, 6) is -0.149. The van der Waals surface area contributed by atoms with Crippen LogP contribution >= 0.6 is 0 Å². The highest BCUT2D eigenvalue weighted by Gasteiger charge is 2.07. The fourth-order valence-electron chi connectivity index (χ4n) is 1.95. The zero-order chi connectivity index (χ0) is 15.9. The zero-order valence-corrected chi connectivity index (χ0v) is 13.3. The van der Waals surface area contributed by atoms with Crippen molar-refractivity contribution in [1.82, 2.24) is 15.2 Å². The second kappa shape index (κ2) is 7.56. The van der Waals surface area contributed by atoms with Crippen LogP contribution in [0.15, 0.2) is 42.6 Å². The molecule has 2 rings (SSSR count). The first kappa shape index (κ1) is 16.0. The Morgan fingerprint density at radius 1 is 1.18 bits per heavy atom. The molecule has 1 heterocycles. The van der Waals surface area contributed by atoms with E-state index in [9.17, 15) is 4.79 Å². The summed E-state index contributed by atoms with van der Waals surface area (Å²) in [7, 11) is 3.94. The maximum atomic E-state index is 11.9. The molecule has 0 fully saturated rings. The molecule has 0 bridgehead atoms. The van der Waals surface area contributed by atoms with Gasteiger partial charge in [0.15, 0.2) is 0 Å². The van der Waals surface area contributed by atoms with E-state index in [-0.39, 0.29) is 5.91 Å². The monoisotopic (exact) mass is 298 g/mol. The second-order valence-corrected chi connectivity index (χ2v) is 5.43. The molecule has 0 aliphatic rings. The number of pyridine rings is 1. The van der Waals surface area contributed by atoms with Gasteiger partial charge in [-0.25, -0.2) is 4.98 Å². The smallest absolute Gasteiger partial charge is 0.269 e. The van der Waals surface area contributed by atoms with E-state index in [4.69, 9.17) is 0 Å². The van der Waals surface area contributed by atoms with Crippen molar-refractivity contribution in [1.29, 1.82) is 0 Å². The van der Waals surface area contributed by atoms with Crippen molar-refractivity contribution >= 4 is 17.3 Å². The second-order valence-electron chi connectivity index (χ2n) is 5.43. The fraction of sp³-hybridized carbons (Fsp3) is 0.294. The Labute approximate surface area is 131 Å². The van der Waals surface area contributed by atoms with Gasteiger partial charge in [-0.05, 0) is 44.8 Å². The quantitative estimate of drug-likeness (QED) is 0.860. The molecule has 0 spiro atoms. The summed E-state index contributed by atoms with van der Waals surface area (Å²) in [4.78, 5) is 18.2. The Hall–Kier alpha value is -2.40. The third-order valence-corrected chi connectivity index (χ3v) is 3.26. The molecule has 5 nitrogen and oxygen atoms in total. The molecule has 0 saturated carbocycles. The molecule has 2 aromatic rings. The minimum absolute atomic E-state index is 0.149. The molecule has 0 aliphatic heterocycles. The number of carbonyl (C=O) groups excluding carboxylic acids is 1. The fourth-order valence-corrected chi connectivity index (χ4v) is 1.95. The van der Waals surface area contributed by atoms with Crippen LogP contribution in [0.1, 0.15) is 16.1 Å². The number of nitrogens with one attached hydrogen (secondary N) is 2. The van der Waals surface area contributed by atoms with Crippen LogP contribution in [0.3, 0.4) is 0 Å². The molecule has 116 valence electrons. The predicted molar refractivity (Wildman–Crippen MR) is 89.6 cm³/mol. The number of nitrogens with zero attached hydrogens (tertiary/aromatic N) is 2. The molecule has 5 heteroatoms. The lowest BCUT2D eigenvalue weighted by Gasteiger charge is -2.11. The normalized spacial score (nSPS) is 10.5. The van der Waals surface area contributed by atoms with Crippen LogP contribution in [-0.4, -0.2) is 43.0 Å². The van der Waals surface area contributed by atoms with Gasteiger partial charge in [-0.2, -0.15) is 0 Å². The number of anilines is 2. The van der Waals surface area contributed by atoms with Crippen molar-refractivity contribution in [3.63, 3.8) is 0 Å². The van der Waals surface area contributed by atoms with Gasteiger partial charge >= 0.3 is 0 Å². The third kappa shape index (κ3) is 4.56.